The van der Waals surface area contributed by atoms with Gasteiger partial charge in [-0.1, -0.05) is 29.3 Å². The molecule has 1 N–H and O–H groups in total. The molecule has 0 fully saturated rings. The summed E-state index contributed by atoms with van der Waals surface area (Å²) in [6.45, 7) is 4.10. The minimum atomic E-state index is -3.57. The summed E-state index contributed by atoms with van der Waals surface area (Å²) in [5.74, 6) is -0.112. The molecule has 3 nitrogen and oxygen atoms in total. The quantitative estimate of drug-likeness (QED) is 0.715. The van der Waals surface area contributed by atoms with Crippen molar-refractivity contribution in [2.75, 3.05) is 11.9 Å². The van der Waals surface area contributed by atoms with Crippen LogP contribution < -0.4 is 4.72 Å². The molecule has 0 aliphatic carbocycles. The van der Waals surface area contributed by atoms with Crippen molar-refractivity contribution in [2.24, 2.45) is 5.92 Å². The van der Waals surface area contributed by atoms with Gasteiger partial charge in [0, 0.05) is 11.9 Å². The monoisotopic (exact) mass is 365 g/mol. The Hall–Kier alpha value is -0.460. The molecule has 0 bridgehead atoms. The first-order valence-corrected chi connectivity index (χ1v) is 9.33. The van der Waals surface area contributed by atoms with Crippen LogP contribution in [-0.4, -0.2) is 20.3 Å². The maximum absolute atomic E-state index is 13.0. The molecule has 0 spiro atoms. The van der Waals surface area contributed by atoms with E-state index in [1.807, 2.05) is 0 Å². The van der Waals surface area contributed by atoms with Gasteiger partial charge in [-0.05, 0) is 49.4 Å². The molecule has 0 amide bonds. The van der Waals surface area contributed by atoms with Crippen molar-refractivity contribution in [1.29, 1.82) is 0 Å². The van der Waals surface area contributed by atoms with Gasteiger partial charge in [0.2, 0.25) is 10.0 Å². The number of sulfonamides is 1. The van der Waals surface area contributed by atoms with Gasteiger partial charge in [-0.3, -0.25) is 0 Å². The second-order valence-electron chi connectivity index (χ2n) is 4.89. The highest BCUT2D eigenvalue weighted by molar-refractivity contribution is 9.09. The second-order valence-corrected chi connectivity index (χ2v) is 7.42. The van der Waals surface area contributed by atoms with Crippen LogP contribution >= 0.6 is 15.9 Å². The maximum Gasteiger partial charge on any atom is 0.240 e. The summed E-state index contributed by atoms with van der Waals surface area (Å²) in [7, 11) is -3.57. The normalized spacial score (nSPS) is 13.4. The van der Waals surface area contributed by atoms with E-state index in [1.165, 1.54) is 18.2 Å². The smallest absolute Gasteiger partial charge is 0.211 e. The Bertz CT molecular complexity index is 528. The first-order valence-electron chi connectivity index (χ1n) is 6.72. The Balaban J connectivity index is 2.78. The van der Waals surface area contributed by atoms with Crippen molar-refractivity contribution in [3.63, 3.8) is 0 Å². The topological polar surface area (TPSA) is 46.2 Å². The SMILES string of the molecule is CCCC(CCBr)CNS(=O)(=O)c1ccc(F)cc1C. The first kappa shape index (κ1) is 17.6. The highest BCUT2D eigenvalue weighted by Crippen LogP contribution is 2.17. The zero-order valence-corrected chi connectivity index (χ0v) is 14.2. The lowest BCUT2D eigenvalue weighted by molar-refractivity contribution is 0.459. The van der Waals surface area contributed by atoms with Crippen LogP contribution in [0.15, 0.2) is 23.1 Å². The van der Waals surface area contributed by atoms with Crippen molar-refractivity contribution in [1.82, 2.24) is 4.72 Å². The lowest BCUT2D eigenvalue weighted by Crippen LogP contribution is -2.30. The third-order valence-corrected chi connectivity index (χ3v) is 5.24. The van der Waals surface area contributed by atoms with Crippen LogP contribution in [0.3, 0.4) is 0 Å². The van der Waals surface area contributed by atoms with Crippen molar-refractivity contribution >= 4 is 26.0 Å². The van der Waals surface area contributed by atoms with Gasteiger partial charge in [0.05, 0.1) is 4.90 Å². The van der Waals surface area contributed by atoms with E-state index in [0.717, 1.165) is 24.6 Å². The number of alkyl halides is 1. The van der Waals surface area contributed by atoms with Crippen LogP contribution in [-0.2, 0) is 10.0 Å². The summed E-state index contributed by atoms with van der Waals surface area (Å²) >= 11 is 3.39. The molecule has 6 heteroatoms. The van der Waals surface area contributed by atoms with E-state index in [1.54, 1.807) is 6.92 Å². The minimum absolute atomic E-state index is 0.146. The third kappa shape index (κ3) is 5.14. The van der Waals surface area contributed by atoms with Crippen LogP contribution in [0.25, 0.3) is 0 Å². The highest BCUT2D eigenvalue weighted by Gasteiger charge is 2.18. The van der Waals surface area contributed by atoms with Gasteiger partial charge in [0.25, 0.3) is 0 Å². The summed E-state index contributed by atoms with van der Waals surface area (Å²) in [5.41, 5.74) is 0.421. The molecule has 0 heterocycles. The number of rotatable bonds is 8. The number of nitrogens with one attached hydrogen (secondary N) is 1. The molecule has 0 aromatic heterocycles. The van der Waals surface area contributed by atoms with E-state index in [-0.39, 0.29) is 4.90 Å². The molecular formula is C14H21BrFNO2S. The van der Waals surface area contributed by atoms with Crippen LogP contribution in [0.2, 0.25) is 0 Å². The number of halogens is 2. The van der Waals surface area contributed by atoms with Gasteiger partial charge >= 0.3 is 0 Å². The molecule has 1 unspecified atom stereocenters. The average Bonchev–Trinajstić information content (AvgIpc) is 2.36. The molecule has 1 rings (SSSR count). The van der Waals surface area contributed by atoms with Gasteiger partial charge in [-0.15, -0.1) is 0 Å². The molecule has 0 radical (unpaired) electrons. The maximum atomic E-state index is 13.0. The van der Waals surface area contributed by atoms with E-state index >= 15 is 0 Å². The summed E-state index contributed by atoms with van der Waals surface area (Å²) < 4.78 is 40.1. The third-order valence-electron chi connectivity index (χ3n) is 3.20. The molecule has 0 aliphatic rings. The predicted octanol–water partition coefficient (Wildman–Crippen LogP) is 3.61. The lowest BCUT2D eigenvalue weighted by atomic mass is 10.0. The van der Waals surface area contributed by atoms with E-state index in [4.69, 9.17) is 0 Å². The molecule has 0 aliphatic heterocycles. The predicted molar refractivity (Wildman–Crippen MR) is 83.1 cm³/mol. The van der Waals surface area contributed by atoms with Gasteiger partial charge < -0.3 is 0 Å². The Morgan fingerprint density at radius 2 is 2.05 bits per heavy atom. The molecule has 114 valence electrons. The van der Waals surface area contributed by atoms with Gasteiger partial charge in [-0.25, -0.2) is 17.5 Å². The van der Waals surface area contributed by atoms with Crippen molar-refractivity contribution in [3.8, 4) is 0 Å². The standard InChI is InChI=1S/C14H21BrFNO2S/c1-3-4-12(7-8-15)10-17-20(18,19)14-6-5-13(16)9-11(14)2/h5-6,9,12,17H,3-4,7-8,10H2,1-2H3. The number of aryl methyl sites for hydroxylation is 1. The minimum Gasteiger partial charge on any atom is -0.211 e. The number of benzene rings is 1. The Morgan fingerprint density at radius 1 is 1.35 bits per heavy atom. The molecule has 1 atom stereocenters. The Kier molecular flexibility index (Phi) is 7.12. The summed E-state index contributed by atoms with van der Waals surface area (Å²) in [6.07, 6.45) is 2.93. The lowest BCUT2D eigenvalue weighted by Gasteiger charge is -2.16. The fraction of sp³-hybridized carbons (Fsp3) is 0.571. The number of hydrogen-bond donors (Lipinski definition) is 1. The molecular weight excluding hydrogens is 345 g/mol. The first-order chi connectivity index (χ1) is 9.40. The molecule has 0 saturated carbocycles. The van der Waals surface area contributed by atoms with Gasteiger partial charge in [-0.2, -0.15) is 0 Å². The summed E-state index contributed by atoms with van der Waals surface area (Å²) in [6, 6.07) is 3.71. The summed E-state index contributed by atoms with van der Waals surface area (Å²) in [5, 5.41) is 0.856. The highest BCUT2D eigenvalue weighted by atomic mass is 79.9. The number of hydrogen-bond acceptors (Lipinski definition) is 2. The van der Waals surface area contributed by atoms with E-state index < -0.39 is 15.8 Å². The fourth-order valence-electron chi connectivity index (χ4n) is 2.13. The van der Waals surface area contributed by atoms with Crippen LogP contribution in [0.1, 0.15) is 31.7 Å². The molecule has 20 heavy (non-hydrogen) atoms. The Labute approximate surface area is 129 Å². The summed E-state index contributed by atoms with van der Waals surface area (Å²) in [4.78, 5) is 0.146. The second kappa shape index (κ2) is 8.10. The fourth-order valence-corrected chi connectivity index (χ4v) is 4.12. The van der Waals surface area contributed by atoms with Gasteiger partial charge in [0.1, 0.15) is 5.82 Å². The molecule has 1 aromatic rings. The molecule has 1 aromatic carbocycles. The van der Waals surface area contributed by atoms with Crippen LogP contribution in [0.4, 0.5) is 4.39 Å². The zero-order chi connectivity index (χ0) is 15.2. The van der Waals surface area contributed by atoms with Gasteiger partial charge in [0.15, 0.2) is 0 Å². The van der Waals surface area contributed by atoms with E-state index in [0.29, 0.717) is 18.0 Å². The average molecular weight is 366 g/mol. The Morgan fingerprint density at radius 3 is 2.60 bits per heavy atom. The van der Waals surface area contributed by atoms with Crippen molar-refractivity contribution in [2.45, 2.75) is 38.0 Å². The van der Waals surface area contributed by atoms with E-state index in [9.17, 15) is 12.8 Å². The van der Waals surface area contributed by atoms with Crippen molar-refractivity contribution in [3.05, 3.63) is 29.6 Å². The van der Waals surface area contributed by atoms with E-state index in [2.05, 4.69) is 27.6 Å². The van der Waals surface area contributed by atoms with Crippen LogP contribution in [0, 0.1) is 18.7 Å². The van der Waals surface area contributed by atoms with Crippen molar-refractivity contribution < 1.29 is 12.8 Å². The van der Waals surface area contributed by atoms with Crippen LogP contribution in [0.5, 0.6) is 0 Å². The molecule has 0 saturated heterocycles. The zero-order valence-electron chi connectivity index (χ0n) is 11.8. The largest absolute Gasteiger partial charge is 0.240 e.